The molecule has 0 unspecified atom stereocenters. The first-order chi connectivity index (χ1) is 6.33. The van der Waals surface area contributed by atoms with Crippen LogP contribution >= 0.6 is 0 Å². The lowest BCUT2D eigenvalue weighted by atomic mass is 9.92. The second-order valence-electron chi connectivity index (χ2n) is 3.60. The van der Waals surface area contributed by atoms with Crippen LogP contribution in [0.2, 0.25) is 0 Å². The smallest absolute Gasteiger partial charge is 0.164 e. The summed E-state index contributed by atoms with van der Waals surface area (Å²) in [5.74, 6) is 2.99. The molecule has 2 nitrogen and oxygen atoms in total. The maximum absolute atomic E-state index is 5.65. The topological polar surface area (TPSA) is 18.5 Å². The number of hydrogen-bond acceptors (Lipinski definition) is 2. The molecule has 0 aromatic heterocycles. The van der Waals surface area contributed by atoms with E-state index in [0.717, 1.165) is 25.0 Å². The normalized spacial score (nSPS) is 38.4. The van der Waals surface area contributed by atoms with Gasteiger partial charge in [0.1, 0.15) is 0 Å². The highest BCUT2D eigenvalue weighted by molar-refractivity contribution is 5.16. The molecule has 2 aliphatic rings. The average Bonchev–Trinajstić information content (AvgIpc) is 2.46. The Morgan fingerprint density at radius 2 is 2.46 bits per heavy atom. The summed E-state index contributed by atoms with van der Waals surface area (Å²) in [4.78, 5) is 0. The molecule has 0 spiro atoms. The first kappa shape index (κ1) is 8.80. The summed E-state index contributed by atoms with van der Waals surface area (Å²) in [6, 6.07) is 0. The van der Waals surface area contributed by atoms with Crippen molar-refractivity contribution < 1.29 is 9.47 Å². The zero-order valence-electron chi connectivity index (χ0n) is 7.66. The summed E-state index contributed by atoms with van der Waals surface area (Å²) in [5.41, 5.74) is 1.13. The molecule has 2 rings (SSSR count). The van der Waals surface area contributed by atoms with Gasteiger partial charge >= 0.3 is 0 Å². The van der Waals surface area contributed by atoms with Crippen LogP contribution in [0.5, 0.6) is 0 Å². The Morgan fingerprint density at radius 3 is 3.15 bits per heavy atom. The van der Waals surface area contributed by atoms with E-state index in [4.69, 9.17) is 15.9 Å². The Bertz CT molecular complexity index is 251. The molecule has 0 aromatic rings. The van der Waals surface area contributed by atoms with Crippen LogP contribution in [0, 0.1) is 18.3 Å². The lowest BCUT2D eigenvalue weighted by molar-refractivity contribution is -0.165. The minimum absolute atomic E-state index is 0.0260. The largest absolute Gasteiger partial charge is 0.352 e. The van der Waals surface area contributed by atoms with Crippen molar-refractivity contribution in [3.8, 4) is 12.3 Å². The van der Waals surface area contributed by atoms with Crippen molar-refractivity contribution in [2.24, 2.45) is 5.92 Å². The van der Waals surface area contributed by atoms with Gasteiger partial charge in [-0.2, -0.15) is 0 Å². The molecule has 2 heterocycles. The van der Waals surface area contributed by atoms with E-state index >= 15 is 0 Å². The van der Waals surface area contributed by atoms with Gasteiger partial charge in [0.05, 0.1) is 6.10 Å². The van der Waals surface area contributed by atoms with Crippen molar-refractivity contribution in [2.75, 3.05) is 6.61 Å². The number of terminal acetylenes is 1. The van der Waals surface area contributed by atoms with E-state index in [-0.39, 0.29) is 12.4 Å². The number of hydrogen-bond donors (Lipinski definition) is 0. The van der Waals surface area contributed by atoms with Gasteiger partial charge in [-0.25, -0.2) is 0 Å². The van der Waals surface area contributed by atoms with Gasteiger partial charge in [0.15, 0.2) is 6.29 Å². The molecule has 70 valence electrons. The molecule has 2 aliphatic heterocycles. The Hall–Kier alpha value is -0.780. The molecule has 2 fully saturated rings. The minimum Gasteiger partial charge on any atom is -0.352 e. The molecule has 0 N–H and O–H groups in total. The molecule has 3 atom stereocenters. The van der Waals surface area contributed by atoms with E-state index in [1.54, 1.807) is 0 Å². The fraction of sp³-hybridized carbons (Fsp3) is 0.636. The highest BCUT2D eigenvalue weighted by Gasteiger charge is 2.40. The predicted octanol–water partition coefficient (Wildman–Crippen LogP) is 1.72. The third-order valence-electron chi connectivity index (χ3n) is 2.76. The van der Waals surface area contributed by atoms with Gasteiger partial charge in [-0.3, -0.25) is 0 Å². The highest BCUT2D eigenvalue weighted by Crippen LogP contribution is 2.38. The summed E-state index contributed by atoms with van der Waals surface area (Å²) in [7, 11) is 0. The fourth-order valence-electron chi connectivity index (χ4n) is 2.02. The lowest BCUT2D eigenvalue weighted by Gasteiger charge is -2.24. The third kappa shape index (κ3) is 1.50. The van der Waals surface area contributed by atoms with Gasteiger partial charge in [0.2, 0.25) is 0 Å². The Labute approximate surface area is 78.9 Å². The highest BCUT2D eigenvalue weighted by atomic mass is 16.7. The van der Waals surface area contributed by atoms with Crippen molar-refractivity contribution in [1.82, 2.24) is 0 Å². The first-order valence-corrected chi connectivity index (χ1v) is 4.72. The maximum atomic E-state index is 5.65. The van der Waals surface area contributed by atoms with Crippen LogP contribution in [0.4, 0.5) is 0 Å². The SMILES string of the molecule is C#CC[C@H]1O[C@@H]2OCCC[C@H]2C1=C. The minimum atomic E-state index is -0.0698. The molecule has 0 bridgehead atoms. The van der Waals surface area contributed by atoms with E-state index in [0.29, 0.717) is 12.3 Å². The molecule has 2 heteroatoms. The summed E-state index contributed by atoms with van der Waals surface area (Å²) < 4.78 is 11.2. The summed E-state index contributed by atoms with van der Waals surface area (Å²) in [6.07, 6.45) is 8.06. The molecule has 0 aromatic carbocycles. The Morgan fingerprint density at radius 1 is 1.62 bits per heavy atom. The molecule has 13 heavy (non-hydrogen) atoms. The maximum Gasteiger partial charge on any atom is 0.164 e. The quantitative estimate of drug-likeness (QED) is 0.449. The van der Waals surface area contributed by atoms with Gasteiger partial charge in [-0.05, 0) is 18.4 Å². The van der Waals surface area contributed by atoms with E-state index < -0.39 is 0 Å². The second-order valence-corrected chi connectivity index (χ2v) is 3.60. The van der Waals surface area contributed by atoms with E-state index in [2.05, 4.69) is 12.5 Å². The summed E-state index contributed by atoms with van der Waals surface area (Å²) in [6.45, 7) is 4.84. The summed E-state index contributed by atoms with van der Waals surface area (Å²) >= 11 is 0. The second kappa shape index (κ2) is 3.53. The van der Waals surface area contributed by atoms with Crippen molar-refractivity contribution in [1.29, 1.82) is 0 Å². The number of ether oxygens (including phenoxy) is 2. The van der Waals surface area contributed by atoms with Gasteiger partial charge in [0.25, 0.3) is 0 Å². The summed E-state index contributed by atoms with van der Waals surface area (Å²) in [5, 5.41) is 0. The zero-order chi connectivity index (χ0) is 9.26. The van der Waals surface area contributed by atoms with Crippen molar-refractivity contribution in [3.05, 3.63) is 12.2 Å². The third-order valence-corrected chi connectivity index (χ3v) is 2.76. The van der Waals surface area contributed by atoms with Gasteiger partial charge in [0, 0.05) is 18.9 Å². The van der Waals surface area contributed by atoms with Crippen molar-refractivity contribution in [2.45, 2.75) is 31.7 Å². The van der Waals surface area contributed by atoms with Crippen LogP contribution in [0.3, 0.4) is 0 Å². The van der Waals surface area contributed by atoms with E-state index in [1.807, 2.05) is 0 Å². The Balaban J connectivity index is 2.06. The Kier molecular flexibility index (Phi) is 2.39. The first-order valence-electron chi connectivity index (χ1n) is 4.72. The van der Waals surface area contributed by atoms with Crippen molar-refractivity contribution in [3.63, 3.8) is 0 Å². The molecule has 0 aliphatic carbocycles. The van der Waals surface area contributed by atoms with Crippen LogP contribution in [0.25, 0.3) is 0 Å². The van der Waals surface area contributed by atoms with Crippen LogP contribution in [-0.4, -0.2) is 19.0 Å². The van der Waals surface area contributed by atoms with Crippen LogP contribution in [-0.2, 0) is 9.47 Å². The zero-order valence-corrected chi connectivity index (χ0v) is 7.66. The van der Waals surface area contributed by atoms with E-state index in [9.17, 15) is 0 Å². The van der Waals surface area contributed by atoms with Gasteiger partial charge in [-0.1, -0.05) is 6.58 Å². The van der Waals surface area contributed by atoms with E-state index in [1.165, 1.54) is 0 Å². The monoisotopic (exact) mass is 178 g/mol. The predicted molar refractivity (Wildman–Crippen MR) is 49.9 cm³/mol. The molecule has 2 saturated heterocycles. The molecule has 0 radical (unpaired) electrons. The van der Waals surface area contributed by atoms with Crippen LogP contribution in [0.15, 0.2) is 12.2 Å². The molecular formula is C11H14O2. The number of fused-ring (bicyclic) bond motifs is 1. The lowest BCUT2D eigenvalue weighted by Crippen LogP contribution is -2.26. The molecular weight excluding hydrogens is 164 g/mol. The molecule has 0 saturated carbocycles. The van der Waals surface area contributed by atoms with Crippen molar-refractivity contribution >= 4 is 0 Å². The van der Waals surface area contributed by atoms with Gasteiger partial charge in [-0.15, -0.1) is 12.3 Å². The standard InChI is InChI=1S/C11H14O2/c1-3-5-10-8(2)9-6-4-7-12-11(9)13-10/h1,9-11H,2,4-7H2/t9-,10+,11-/m0/s1. The average molecular weight is 178 g/mol. The fourth-order valence-corrected chi connectivity index (χ4v) is 2.02. The number of rotatable bonds is 1. The van der Waals surface area contributed by atoms with Crippen LogP contribution in [0.1, 0.15) is 19.3 Å². The van der Waals surface area contributed by atoms with Crippen LogP contribution < -0.4 is 0 Å². The molecule has 0 amide bonds. The van der Waals surface area contributed by atoms with Gasteiger partial charge < -0.3 is 9.47 Å².